The van der Waals surface area contributed by atoms with Crippen LogP contribution in [0.25, 0.3) is 0 Å². The zero-order valence-corrected chi connectivity index (χ0v) is 7.82. The zero-order chi connectivity index (χ0) is 10.7. The summed E-state index contributed by atoms with van der Waals surface area (Å²) in [5.74, 6) is 0.398. The van der Waals surface area contributed by atoms with E-state index in [1.54, 1.807) is 18.2 Å². The number of hydrogen-bond acceptors (Lipinski definition) is 4. The normalized spacial score (nSPS) is 13.2. The number of rotatable bonds is 2. The summed E-state index contributed by atoms with van der Waals surface area (Å²) in [5.41, 5.74) is 1.38. The third-order valence-corrected chi connectivity index (χ3v) is 2.03. The van der Waals surface area contributed by atoms with E-state index >= 15 is 0 Å². The molecule has 0 atom stereocenters. The van der Waals surface area contributed by atoms with Gasteiger partial charge in [-0.25, -0.2) is 9.79 Å². The Morgan fingerprint density at radius 3 is 3.20 bits per heavy atom. The second-order valence-corrected chi connectivity index (χ2v) is 3.04. The lowest BCUT2D eigenvalue weighted by Crippen LogP contribution is -2.25. The van der Waals surface area contributed by atoms with Crippen molar-refractivity contribution < 1.29 is 14.3 Å². The Hall–Kier alpha value is -2.13. The maximum Gasteiger partial charge on any atom is 0.262 e. The molecule has 0 radical (unpaired) electrons. The number of nitrogens with one attached hydrogen (secondary N) is 1. The largest absolute Gasteiger partial charge is 0.481 e. The maximum atomic E-state index is 11.0. The summed E-state index contributed by atoms with van der Waals surface area (Å²) >= 11 is 0. The number of benzene rings is 1. The first-order chi connectivity index (χ1) is 7.31. The third kappa shape index (κ3) is 1.87. The summed E-state index contributed by atoms with van der Waals surface area (Å²) in [7, 11) is 0. The van der Waals surface area contributed by atoms with Crippen LogP contribution in [0.2, 0.25) is 0 Å². The van der Waals surface area contributed by atoms with Crippen molar-refractivity contribution in [3.05, 3.63) is 23.8 Å². The number of para-hydroxylation sites is 1. The highest BCUT2D eigenvalue weighted by Gasteiger charge is 2.18. The smallest absolute Gasteiger partial charge is 0.262 e. The molecule has 1 aromatic rings. The first-order valence-electron chi connectivity index (χ1n) is 4.39. The fourth-order valence-electron chi connectivity index (χ4n) is 1.42. The number of fused-ring (bicyclic) bond motifs is 1. The molecule has 2 rings (SSSR count). The Kier molecular flexibility index (Phi) is 2.48. The molecule has 5 heteroatoms. The number of ether oxygens (including phenoxy) is 1. The lowest BCUT2D eigenvalue weighted by Gasteiger charge is -2.19. The van der Waals surface area contributed by atoms with Crippen molar-refractivity contribution in [3.63, 3.8) is 0 Å². The van der Waals surface area contributed by atoms with Crippen LogP contribution in [-0.2, 0) is 16.1 Å². The van der Waals surface area contributed by atoms with E-state index in [0.717, 1.165) is 5.56 Å². The van der Waals surface area contributed by atoms with Gasteiger partial charge >= 0.3 is 0 Å². The number of hydrogen-bond donors (Lipinski definition) is 1. The lowest BCUT2D eigenvalue weighted by atomic mass is 10.1. The predicted molar refractivity (Wildman–Crippen MR) is 52.4 cm³/mol. The Morgan fingerprint density at radius 1 is 1.53 bits per heavy atom. The van der Waals surface area contributed by atoms with Crippen LogP contribution in [0.1, 0.15) is 5.56 Å². The molecular weight excluding hydrogens is 196 g/mol. The lowest BCUT2D eigenvalue weighted by molar-refractivity contribution is -0.118. The van der Waals surface area contributed by atoms with Crippen molar-refractivity contribution in [2.24, 2.45) is 4.99 Å². The van der Waals surface area contributed by atoms with Crippen LogP contribution in [0, 0.1) is 0 Å². The number of amides is 1. The van der Waals surface area contributed by atoms with Gasteiger partial charge < -0.3 is 10.1 Å². The second kappa shape index (κ2) is 3.94. The van der Waals surface area contributed by atoms with E-state index in [4.69, 9.17) is 4.74 Å². The van der Waals surface area contributed by atoms with Crippen molar-refractivity contribution in [2.45, 2.75) is 6.54 Å². The molecule has 0 saturated heterocycles. The molecule has 0 fully saturated rings. The molecule has 5 nitrogen and oxygen atoms in total. The molecule has 15 heavy (non-hydrogen) atoms. The van der Waals surface area contributed by atoms with Crippen molar-refractivity contribution in [1.29, 1.82) is 0 Å². The van der Waals surface area contributed by atoms with Crippen molar-refractivity contribution in [3.8, 4) is 5.75 Å². The van der Waals surface area contributed by atoms with Gasteiger partial charge in [-0.15, -0.1) is 0 Å². The minimum absolute atomic E-state index is 0.00514. The van der Waals surface area contributed by atoms with Crippen LogP contribution < -0.4 is 10.1 Å². The number of nitrogens with zero attached hydrogens (tertiary/aromatic N) is 1. The van der Waals surface area contributed by atoms with Crippen LogP contribution in [-0.4, -0.2) is 18.6 Å². The molecule has 1 aliphatic rings. The number of carbonyl (C=O) groups excluding carboxylic acids is 2. The number of aliphatic imine (C=N–C) groups is 1. The van der Waals surface area contributed by atoms with Gasteiger partial charge in [-0.2, -0.15) is 0 Å². The number of carbonyl (C=O) groups is 1. The van der Waals surface area contributed by atoms with Crippen molar-refractivity contribution in [1.82, 2.24) is 0 Å². The van der Waals surface area contributed by atoms with E-state index in [9.17, 15) is 9.59 Å². The fraction of sp³-hybridized carbons (Fsp3) is 0.200. The third-order valence-electron chi connectivity index (χ3n) is 2.03. The van der Waals surface area contributed by atoms with E-state index in [1.165, 1.54) is 6.08 Å². The predicted octanol–water partition coefficient (Wildman–Crippen LogP) is 0.853. The van der Waals surface area contributed by atoms with Gasteiger partial charge in [0.15, 0.2) is 6.61 Å². The topological polar surface area (TPSA) is 67.8 Å². The molecule has 0 spiro atoms. The highest BCUT2D eigenvalue weighted by molar-refractivity contribution is 5.95. The van der Waals surface area contributed by atoms with Crippen LogP contribution in [0.3, 0.4) is 0 Å². The van der Waals surface area contributed by atoms with E-state index in [0.29, 0.717) is 11.4 Å². The molecule has 0 unspecified atom stereocenters. The van der Waals surface area contributed by atoms with Gasteiger partial charge in [-0.3, -0.25) is 4.79 Å². The molecule has 1 aliphatic heterocycles. The number of isocyanates is 1. The van der Waals surface area contributed by atoms with Gasteiger partial charge in [-0.05, 0) is 6.07 Å². The Balaban J connectivity index is 2.36. The Labute approximate surface area is 85.8 Å². The molecule has 1 N–H and O–H groups in total. The SMILES string of the molecule is O=C=NCc1cccc2c1OCC(=O)N2. The summed E-state index contributed by atoms with van der Waals surface area (Å²) in [6.45, 7) is 0.206. The molecule has 1 aromatic carbocycles. The van der Waals surface area contributed by atoms with Gasteiger partial charge in [0.05, 0.1) is 12.2 Å². The highest BCUT2D eigenvalue weighted by atomic mass is 16.5. The van der Waals surface area contributed by atoms with E-state index < -0.39 is 0 Å². The average Bonchev–Trinajstić information content (AvgIpc) is 2.25. The molecule has 0 aromatic heterocycles. The van der Waals surface area contributed by atoms with Crippen LogP contribution in [0.5, 0.6) is 5.75 Å². The molecule has 1 amide bonds. The van der Waals surface area contributed by atoms with E-state index in [1.807, 2.05) is 0 Å². The van der Waals surface area contributed by atoms with E-state index in [2.05, 4.69) is 10.3 Å². The van der Waals surface area contributed by atoms with Crippen LogP contribution in [0.4, 0.5) is 5.69 Å². The van der Waals surface area contributed by atoms with Gasteiger partial charge in [0, 0.05) is 5.56 Å². The van der Waals surface area contributed by atoms with Crippen molar-refractivity contribution >= 4 is 17.7 Å². The van der Waals surface area contributed by atoms with Crippen LogP contribution in [0.15, 0.2) is 23.2 Å². The molecule has 0 bridgehead atoms. The molecule has 0 aliphatic carbocycles. The summed E-state index contributed by atoms with van der Waals surface area (Å²) in [6, 6.07) is 5.29. The quantitative estimate of drug-likeness (QED) is 0.573. The highest BCUT2D eigenvalue weighted by Crippen LogP contribution is 2.31. The van der Waals surface area contributed by atoms with Gasteiger partial charge in [0.2, 0.25) is 6.08 Å². The van der Waals surface area contributed by atoms with Gasteiger partial charge in [0.1, 0.15) is 5.75 Å². The summed E-state index contributed by atoms with van der Waals surface area (Å²) < 4.78 is 5.26. The molecular formula is C10H8N2O3. The average molecular weight is 204 g/mol. The Bertz CT molecular complexity index is 450. The number of anilines is 1. The summed E-state index contributed by atoms with van der Waals surface area (Å²) in [5, 5.41) is 2.67. The van der Waals surface area contributed by atoms with E-state index in [-0.39, 0.29) is 19.1 Å². The minimum atomic E-state index is -0.182. The van der Waals surface area contributed by atoms with Gasteiger partial charge in [-0.1, -0.05) is 12.1 Å². The molecule has 1 heterocycles. The standard InChI is InChI=1S/C10H8N2O3/c13-6-11-4-7-2-1-3-8-10(7)15-5-9(14)12-8/h1-3H,4-5H2,(H,12,14). The summed E-state index contributed by atoms with van der Waals surface area (Å²) in [6.07, 6.45) is 1.46. The zero-order valence-electron chi connectivity index (χ0n) is 7.82. The maximum absolute atomic E-state index is 11.0. The molecule has 76 valence electrons. The van der Waals surface area contributed by atoms with Crippen LogP contribution >= 0.6 is 0 Å². The second-order valence-electron chi connectivity index (χ2n) is 3.04. The van der Waals surface area contributed by atoms with Crippen molar-refractivity contribution in [2.75, 3.05) is 11.9 Å². The monoisotopic (exact) mass is 204 g/mol. The molecule has 0 saturated carbocycles. The first kappa shape index (κ1) is 9.43. The Morgan fingerprint density at radius 2 is 2.40 bits per heavy atom. The summed E-state index contributed by atoms with van der Waals surface area (Å²) in [4.78, 5) is 24.5. The minimum Gasteiger partial charge on any atom is -0.481 e. The van der Waals surface area contributed by atoms with Gasteiger partial charge in [0.25, 0.3) is 5.91 Å². The fourth-order valence-corrected chi connectivity index (χ4v) is 1.42. The first-order valence-corrected chi connectivity index (χ1v) is 4.39.